The molecule has 3 N–H and O–H groups in total. The van der Waals surface area contributed by atoms with E-state index in [1.54, 1.807) is 59.8 Å². The fourth-order valence-electron chi connectivity index (χ4n) is 9.89. The molecule has 8 rings (SSSR count). The first-order chi connectivity index (χ1) is 30.5. The third-order valence-electron chi connectivity index (χ3n) is 13.1. The van der Waals surface area contributed by atoms with Gasteiger partial charge in [-0.15, -0.1) is 0 Å². The first kappa shape index (κ1) is 43.9. The number of halogens is 4. The standard InChI is InChI=1S/C49H55F4N5O5/c1-54-48(59)49(57-18-14-28(15-19-57)30-6-10-38-34(22-30)36(26-44(50)51)46(55-38)32-8-12-40(60-2)42(24-32)62-4)58-20-16-29(17-21-58)31-7-11-39-35(23-31)37(27-45(52)53)47(56-39)33-9-13-41(61-3)43(25-33)63-5/h6-13,22-25,28-29,44-45,49,55-56H,14-21,26-27H2,1-5H3,(H,54,59). The summed E-state index contributed by atoms with van der Waals surface area (Å²) in [5, 5.41) is 4.47. The number of alkyl halides is 4. The minimum absolute atomic E-state index is 0.0481. The van der Waals surface area contributed by atoms with Gasteiger partial charge in [0.15, 0.2) is 23.0 Å². The molecular formula is C49H55F4N5O5. The van der Waals surface area contributed by atoms with Gasteiger partial charge < -0.3 is 34.2 Å². The fraction of sp³-hybridized carbons (Fsp3) is 0.408. The van der Waals surface area contributed by atoms with Crippen LogP contribution < -0.4 is 24.3 Å². The second kappa shape index (κ2) is 18.9. The molecule has 0 spiro atoms. The molecular weight excluding hydrogens is 815 g/mol. The number of likely N-dealkylation sites (tertiary alicyclic amines) is 2. The smallest absolute Gasteiger partial charge is 0.252 e. The number of methoxy groups -OCH3 is 4. The average Bonchev–Trinajstić information content (AvgIpc) is 3.85. The van der Waals surface area contributed by atoms with Gasteiger partial charge >= 0.3 is 0 Å². The number of hydrogen-bond donors (Lipinski definition) is 3. The third-order valence-corrected chi connectivity index (χ3v) is 13.1. The number of hydrogen-bond acceptors (Lipinski definition) is 7. The molecule has 0 unspecified atom stereocenters. The Balaban J connectivity index is 0.968. The fourth-order valence-corrected chi connectivity index (χ4v) is 9.89. The Morgan fingerprint density at radius 2 is 1.00 bits per heavy atom. The van der Waals surface area contributed by atoms with Crippen LogP contribution in [-0.2, 0) is 17.6 Å². The Labute approximate surface area is 364 Å². The van der Waals surface area contributed by atoms with Crippen LogP contribution in [0, 0.1) is 0 Å². The highest BCUT2D eigenvalue weighted by molar-refractivity contribution is 5.93. The second-order valence-electron chi connectivity index (χ2n) is 16.5. The first-order valence-corrected chi connectivity index (χ1v) is 21.5. The minimum Gasteiger partial charge on any atom is -0.493 e. The Kier molecular flexibility index (Phi) is 13.2. The summed E-state index contributed by atoms with van der Waals surface area (Å²) >= 11 is 0. The maximum absolute atomic E-state index is 14.1. The molecule has 4 heterocycles. The molecule has 2 aromatic heterocycles. The van der Waals surface area contributed by atoms with E-state index in [4.69, 9.17) is 18.9 Å². The summed E-state index contributed by atoms with van der Waals surface area (Å²) in [5.41, 5.74) is 7.65. The van der Waals surface area contributed by atoms with Crippen molar-refractivity contribution >= 4 is 27.7 Å². The lowest BCUT2D eigenvalue weighted by atomic mass is 9.87. The molecule has 1 amide bonds. The zero-order chi connectivity index (χ0) is 44.4. The van der Waals surface area contributed by atoms with Gasteiger partial charge in [0.25, 0.3) is 5.91 Å². The molecule has 2 aliphatic rings. The van der Waals surface area contributed by atoms with Crippen molar-refractivity contribution in [1.82, 2.24) is 25.1 Å². The molecule has 0 saturated carbocycles. The van der Waals surface area contributed by atoms with Gasteiger partial charge in [-0.1, -0.05) is 12.1 Å². The van der Waals surface area contributed by atoms with Crippen molar-refractivity contribution in [2.45, 2.75) is 69.4 Å². The lowest BCUT2D eigenvalue weighted by molar-refractivity contribution is -0.135. The number of aromatic nitrogens is 2. The Morgan fingerprint density at radius 1 is 0.603 bits per heavy atom. The largest absolute Gasteiger partial charge is 0.493 e. The molecule has 2 fully saturated rings. The summed E-state index contributed by atoms with van der Waals surface area (Å²) in [5.74, 6) is 2.50. The lowest BCUT2D eigenvalue weighted by Crippen LogP contribution is -2.59. The summed E-state index contributed by atoms with van der Waals surface area (Å²) in [6.07, 6.45) is -3.01. The van der Waals surface area contributed by atoms with Crippen molar-refractivity contribution in [2.75, 3.05) is 61.7 Å². The van der Waals surface area contributed by atoms with Crippen LogP contribution in [0.15, 0.2) is 72.8 Å². The molecule has 4 aromatic carbocycles. The summed E-state index contributed by atoms with van der Waals surface area (Å²) in [6.45, 7) is 2.81. The second-order valence-corrected chi connectivity index (χ2v) is 16.5. The normalized spacial score (nSPS) is 15.9. The van der Waals surface area contributed by atoms with Crippen molar-refractivity contribution < 1.29 is 41.3 Å². The zero-order valence-electron chi connectivity index (χ0n) is 36.3. The van der Waals surface area contributed by atoms with E-state index in [1.165, 1.54) is 0 Å². The van der Waals surface area contributed by atoms with Gasteiger partial charge in [0.05, 0.1) is 39.8 Å². The first-order valence-electron chi connectivity index (χ1n) is 21.5. The molecule has 6 aromatic rings. The molecule has 63 heavy (non-hydrogen) atoms. The molecule has 334 valence electrons. The third kappa shape index (κ3) is 8.92. The highest BCUT2D eigenvalue weighted by Gasteiger charge is 2.37. The number of ether oxygens (including phenoxy) is 4. The number of amides is 1. The van der Waals surface area contributed by atoms with Crippen LogP contribution in [0.4, 0.5) is 17.6 Å². The molecule has 0 bridgehead atoms. The van der Waals surface area contributed by atoms with E-state index in [0.717, 1.165) is 69.7 Å². The van der Waals surface area contributed by atoms with E-state index in [2.05, 4.69) is 49.4 Å². The van der Waals surface area contributed by atoms with E-state index < -0.39 is 31.9 Å². The molecule has 14 heteroatoms. The molecule has 0 radical (unpaired) electrons. The number of nitrogens with zero attached hydrogens (tertiary/aromatic N) is 2. The van der Waals surface area contributed by atoms with Gasteiger partial charge in [-0.2, -0.15) is 0 Å². The zero-order valence-corrected chi connectivity index (χ0v) is 36.3. The predicted molar refractivity (Wildman–Crippen MR) is 238 cm³/mol. The molecule has 2 aliphatic heterocycles. The number of aromatic amines is 2. The number of piperidine rings is 2. The quantitative estimate of drug-likeness (QED) is 0.0884. The van der Waals surface area contributed by atoms with Crippen molar-refractivity contribution in [2.24, 2.45) is 0 Å². The number of carbonyl (C=O) groups is 1. The monoisotopic (exact) mass is 869 g/mol. The van der Waals surface area contributed by atoms with Crippen LogP contribution in [0.25, 0.3) is 44.3 Å². The van der Waals surface area contributed by atoms with Crippen molar-refractivity contribution in [3.8, 4) is 45.5 Å². The van der Waals surface area contributed by atoms with E-state index in [1.807, 2.05) is 24.3 Å². The number of benzene rings is 4. The number of carbonyl (C=O) groups excluding carboxylic acids is 1. The topological polar surface area (TPSA) is 104 Å². The minimum atomic E-state index is -2.53. The molecule has 10 nitrogen and oxygen atoms in total. The maximum Gasteiger partial charge on any atom is 0.252 e. The van der Waals surface area contributed by atoms with Crippen molar-refractivity contribution in [3.05, 3.63) is 95.1 Å². The number of rotatable bonds is 15. The maximum atomic E-state index is 14.1. The summed E-state index contributed by atoms with van der Waals surface area (Å²) in [6, 6.07) is 23.1. The van der Waals surface area contributed by atoms with Crippen LogP contribution >= 0.6 is 0 Å². The van der Waals surface area contributed by atoms with Gasteiger partial charge in [0, 0.05) is 79.0 Å². The number of H-pyrrole nitrogens is 2. The van der Waals surface area contributed by atoms with Gasteiger partial charge in [-0.25, -0.2) is 17.6 Å². The highest BCUT2D eigenvalue weighted by atomic mass is 19.3. The summed E-state index contributed by atoms with van der Waals surface area (Å²) in [4.78, 5) is 24.9. The Hall–Kier alpha value is -5.73. The van der Waals surface area contributed by atoms with E-state index in [-0.39, 0.29) is 17.7 Å². The van der Waals surface area contributed by atoms with Gasteiger partial charge in [0.2, 0.25) is 12.9 Å². The van der Waals surface area contributed by atoms with Gasteiger partial charge in [-0.05, 0) is 120 Å². The Morgan fingerprint density at radius 3 is 1.35 bits per heavy atom. The lowest BCUT2D eigenvalue weighted by Gasteiger charge is -2.44. The average molecular weight is 870 g/mol. The van der Waals surface area contributed by atoms with Gasteiger partial charge in [0.1, 0.15) is 6.17 Å². The van der Waals surface area contributed by atoms with E-state index in [9.17, 15) is 22.4 Å². The van der Waals surface area contributed by atoms with E-state index >= 15 is 0 Å². The number of fused-ring (bicyclic) bond motifs is 2. The number of likely N-dealkylation sites (N-methyl/N-ethyl adjacent to an activating group) is 1. The molecule has 0 atom stereocenters. The van der Waals surface area contributed by atoms with Crippen molar-refractivity contribution in [3.63, 3.8) is 0 Å². The van der Waals surface area contributed by atoms with Crippen molar-refractivity contribution in [1.29, 1.82) is 0 Å². The SMILES string of the molecule is CNC(=O)C(N1CCC(c2ccc3[nH]c(-c4ccc(OC)c(OC)c4)c(CC(F)F)c3c2)CC1)N1CCC(c2ccc3[nH]c(-c4ccc(OC)c(OC)c4)c(CC(F)F)c3c2)CC1. The van der Waals surface area contributed by atoms with Crippen LogP contribution in [0.2, 0.25) is 0 Å². The molecule has 2 saturated heterocycles. The van der Waals surface area contributed by atoms with Crippen LogP contribution in [0.3, 0.4) is 0 Å². The van der Waals surface area contributed by atoms with Crippen LogP contribution in [-0.4, -0.2) is 106 Å². The van der Waals surface area contributed by atoms with Crippen LogP contribution in [0.1, 0.15) is 59.8 Å². The van der Waals surface area contributed by atoms with Crippen LogP contribution in [0.5, 0.6) is 23.0 Å². The summed E-state index contributed by atoms with van der Waals surface area (Å²) < 4.78 is 78.1. The van der Waals surface area contributed by atoms with Gasteiger partial charge in [-0.3, -0.25) is 14.6 Å². The molecule has 0 aliphatic carbocycles. The Bertz CT molecular complexity index is 2390. The predicted octanol–water partition coefficient (Wildman–Crippen LogP) is 9.76. The summed E-state index contributed by atoms with van der Waals surface area (Å²) in [7, 11) is 7.88. The number of nitrogens with one attached hydrogen (secondary N) is 3. The highest BCUT2D eigenvalue weighted by Crippen LogP contribution is 2.41. The van der Waals surface area contributed by atoms with E-state index in [0.29, 0.717) is 71.7 Å².